The number of Topliss-reactive ketones (excluding diaryl/α,β-unsaturated/α-hetero) is 1. The zero-order valence-electron chi connectivity index (χ0n) is 15.4. The van der Waals surface area contributed by atoms with Crippen LogP contribution in [0.25, 0.3) is 0 Å². The fourth-order valence-corrected chi connectivity index (χ4v) is 2.59. The fraction of sp³-hybridized carbons (Fsp3) is 0.650. The number of unbranched alkanes of at least 4 members (excludes halogenated alkanes) is 3. The van der Waals surface area contributed by atoms with E-state index in [0.29, 0.717) is 25.7 Å². The van der Waals surface area contributed by atoms with Crippen LogP contribution >= 0.6 is 0 Å². The normalized spacial score (nSPS) is 15.3. The van der Waals surface area contributed by atoms with Crippen LogP contribution in [0.1, 0.15) is 65.2 Å². The van der Waals surface area contributed by atoms with Gasteiger partial charge >= 0.3 is 5.97 Å². The standard InChI is InChI=1S/C20H32O5/c1-3-4-7-10-17(15-21)19(16(2)22)14-13-18(23)11-8-5-6-9-12-20(24)25/h5,8,13-15,17-19,23H,3-4,6-7,9-12H2,1-2H3,(H,24,25)/b8-5-,14-13+/t17-,18+,19+/m1/s1. The molecule has 2 N–H and O–H groups in total. The first kappa shape index (κ1) is 23.2. The Kier molecular flexibility index (Phi) is 13.6. The van der Waals surface area contributed by atoms with E-state index in [0.717, 1.165) is 25.5 Å². The summed E-state index contributed by atoms with van der Waals surface area (Å²) in [5.41, 5.74) is 0. The maximum atomic E-state index is 11.8. The number of carboxylic acid groups (broad SMARTS) is 1. The average molecular weight is 352 g/mol. The minimum atomic E-state index is -0.810. The van der Waals surface area contributed by atoms with Crippen molar-refractivity contribution in [1.82, 2.24) is 0 Å². The molecule has 0 unspecified atom stereocenters. The van der Waals surface area contributed by atoms with Gasteiger partial charge in [-0.15, -0.1) is 0 Å². The molecule has 0 saturated carbocycles. The summed E-state index contributed by atoms with van der Waals surface area (Å²) in [6.45, 7) is 3.56. The van der Waals surface area contributed by atoms with Gasteiger partial charge in [0.05, 0.1) is 6.10 Å². The van der Waals surface area contributed by atoms with E-state index < -0.39 is 18.0 Å². The summed E-state index contributed by atoms with van der Waals surface area (Å²) in [5, 5.41) is 18.5. The smallest absolute Gasteiger partial charge is 0.303 e. The second-order valence-electron chi connectivity index (χ2n) is 6.38. The SMILES string of the molecule is CCCCC[C@H](C=O)[C@@H](/C=C/[C@@H](O)C/C=C\CCCC(=O)O)C(C)=O. The molecule has 0 aliphatic carbocycles. The van der Waals surface area contributed by atoms with Gasteiger partial charge in [0.25, 0.3) is 0 Å². The third-order valence-electron chi connectivity index (χ3n) is 4.09. The van der Waals surface area contributed by atoms with Crippen LogP contribution in [-0.2, 0) is 14.4 Å². The van der Waals surface area contributed by atoms with Crippen LogP contribution in [0.5, 0.6) is 0 Å². The van der Waals surface area contributed by atoms with Crippen molar-refractivity contribution in [3.63, 3.8) is 0 Å². The molecule has 25 heavy (non-hydrogen) atoms. The predicted molar refractivity (Wildman–Crippen MR) is 98.3 cm³/mol. The number of hydrogen-bond donors (Lipinski definition) is 2. The molecule has 5 heteroatoms. The molecule has 0 saturated heterocycles. The zero-order chi connectivity index (χ0) is 19.1. The molecule has 0 amide bonds. The monoisotopic (exact) mass is 352 g/mol. The second-order valence-corrected chi connectivity index (χ2v) is 6.38. The molecule has 142 valence electrons. The maximum absolute atomic E-state index is 11.8. The summed E-state index contributed by atoms with van der Waals surface area (Å²) >= 11 is 0. The summed E-state index contributed by atoms with van der Waals surface area (Å²) in [6, 6.07) is 0. The van der Waals surface area contributed by atoms with Gasteiger partial charge in [-0.2, -0.15) is 0 Å². The number of ketones is 1. The van der Waals surface area contributed by atoms with Gasteiger partial charge in [0.1, 0.15) is 12.1 Å². The molecule has 0 aromatic carbocycles. The Morgan fingerprint density at radius 1 is 1.08 bits per heavy atom. The van der Waals surface area contributed by atoms with Gasteiger partial charge in [0.15, 0.2) is 0 Å². The van der Waals surface area contributed by atoms with Crippen molar-refractivity contribution in [2.75, 3.05) is 0 Å². The van der Waals surface area contributed by atoms with Crippen molar-refractivity contribution in [2.45, 2.75) is 71.3 Å². The number of carbonyl (C=O) groups excluding carboxylic acids is 2. The molecule has 0 spiro atoms. The summed E-state index contributed by atoms with van der Waals surface area (Å²) in [7, 11) is 0. The Morgan fingerprint density at radius 2 is 1.80 bits per heavy atom. The Balaban J connectivity index is 4.43. The number of aliphatic hydroxyl groups excluding tert-OH is 1. The van der Waals surface area contributed by atoms with Gasteiger partial charge in [-0.1, -0.05) is 50.5 Å². The number of carbonyl (C=O) groups is 3. The lowest BCUT2D eigenvalue weighted by molar-refractivity contribution is -0.137. The number of rotatable bonds is 15. The lowest BCUT2D eigenvalue weighted by atomic mass is 9.85. The highest BCUT2D eigenvalue weighted by Gasteiger charge is 2.22. The van der Waals surface area contributed by atoms with Crippen LogP contribution in [0.3, 0.4) is 0 Å². The van der Waals surface area contributed by atoms with Crippen LogP contribution < -0.4 is 0 Å². The first-order valence-electron chi connectivity index (χ1n) is 9.11. The van der Waals surface area contributed by atoms with Crippen LogP contribution in [-0.4, -0.2) is 34.4 Å². The molecular formula is C20H32O5. The Labute approximate surface area is 150 Å². The lowest BCUT2D eigenvalue weighted by Gasteiger charge is -2.17. The fourth-order valence-electron chi connectivity index (χ4n) is 2.59. The third kappa shape index (κ3) is 12.3. The van der Waals surface area contributed by atoms with Gasteiger partial charge < -0.3 is 15.0 Å². The van der Waals surface area contributed by atoms with Crippen molar-refractivity contribution >= 4 is 18.0 Å². The minimum Gasteiger partial charge on any atom is -0.481 e. The number of aliphatic carboxylic acids is 1. The van der Waals surface area contributed by atoms with Gasteiger partial charge in [0.2, 0.25) is 0 Å². The highest BCUT2D eigenvalue weighted by molar-refractivity contribution is 5.83. The quantitative estimate of drug-likeness (QED) is 0.266. The zero-order valence-corrected chi connectivity index (χ0v) is 15.4. The number of aldehydes is 1. The molecule has 0 bridgehead atoms. The van der Waals surface area contributed by atoms with Gasteiger partial charge in [-0.05, 0) is 32.6 Å². The third-order valence-corrected chi connectivity index (χ3v) is 4.09. The predicted octanol–water partition coefficient (Wildman–Crippen LogP) is 3.71. The van der Waals surface area contributed by atoms with Gasteiger partial charge in [0, 0.05) is 18.3 Å². The highest BCUT2D eigenvalue weighted by atomic mass is 16.4. The van der Waals surface area contributed by atoms with Gasteiger partial charge in [-0.25, -0.2) is 0 Å². The number of aliphatic hydroxyl groups is 1. The number of allylic oxidation sites excluding steroid dienone is 2. The Morgan fingerprint density at radius 3 is 2.36 bits per heavy atom. The molecule has 0 aromatic heterocycles. The summed E-state index contributed by atoms with van der Waals surface area (Å²) in [6.07, 6.45) is 12.5. The molecule has 0 heterocycles. The van der Waals surface area contributed by atoms with E-state index in [1.54, 1.807) is 18.2 Å². The van der Waals surface area contributed by atoms with E-state index in [-0.39, 0.29) is 18.1 Å². The molecule has 0 aromatic rings. The first-order chi connectivity index (χ1) is 11.9. The van der Waals surface area contributed by atoms with Crippen LogP contribution in [0.2, 0.25) is 0 Å². The van der Waals surface area contributed by atoms with Crippen molar-refractivity contribution < 1.29 is 24.6 Å². The topological polar surface area (TPSA) is 91.7 Å². The number of hydrogen-bond acceptors (Lipinski definition) is 4. The van der Waals surface area contributed by atoms with E-state index in [9.17, 15) is 19.5 Å². The van der Waals surface area contributed by atoms with Crippen molar-refractivity contribution in [2.24, 2.45) is 11.8 Å². The van der Waals surface area contributed by atoms with E-state index in [1.807, 2.05) is 6.08 Å². The van der Waals surface area contributed by atoms with Gasteiger partial charge in [-0.3, -0.25) is 9.59 Å². The van der Waals surface area contributed by atoms with E-state index in [4.69, 9.17) is 5.11 Å². The molecule has 0 radical (unpaired) electrons. The lowest BCUT2D eigenvalue weighted by Crippen LogP contribution is -2.22. The van der Waals surface area contributed by atoms with E-state index in [1.165, 1.54) is 6.92 Å². The summed E-state index contributed by atoms with van der Waals surface area (Å²) in [4.78, 5) is 33.5. The van der Waals surface area contributed by atoms with Crippen molar-refractivity contribution in [3.8, 4) is 0 Å². The largest absolute Gasteiger partial charge is 0.481 e. The highest BCUT2D eigenvalue weighted by Crippen LogP contribution is 2.20. The first-order valence-corrected chi connectivity index (χ1v) is 9.11. The molecule has 0 aliphatic rings. The molecule has 0 rings (SSSR count). The maximum Gasteiger partial charge on any atom is 0.303 e. The Bertz CT molecular complexity index is 453. The van der Waals surface area contributed by atoms with Crippen molar-refractivity contribution in [1.29, 1.82) is 0 Å². The summed E-state index contributed by atoms with van der Waals surface area (Å²) in [5.74, 6) is -1.70. The minimum absolute atomic E-state index is 0.0683. The number of carboxylic acids is 1. The van der Waals surface area contributed by atoms with Crippen molar-refractivity contribution in [3.05, 3.63) is 24.3 Å². The van der Waals surface area contributed by atoms with Crippen LogP contribution in [0.4, 0.5) is 0 Å². The average Bonchev–Trinajstić information content (AvgIpc) is 2.56. The molecule has 5 nitrogen and oxygen atoms in total. The Hall–Kier alpha value is -1.75. The summed E-state index contributed by atoms with van der Waals surface area (Å²) < 4.78 is 0. The van der Waals surface area contributed by atoms with Crippen LogP contribution in [0.15, 0.2) is 24.3 Å². The van der Waals surface area contributed by atoms with E-state index >= 15 is 0 Å². The molecular weight excluding hydrogens is 320 g/mol. The molecule has 3 atom stereocenters. The molecule has 0 fully saturated rings. The molecule has 0 aliphatic heterocycles. The van der Waals surface area contributed by atoms with Crippen LogP contribution in [0, 0.1) is 11.8 Å². The van der Waals surface area contributed by atoms with E-state index in [2.05, 4.69) is 6.92 Å². The second kappa shape index (κ2) is 14.6.